The molecule has 2 atom stereocenters. The summed E-state index contributed by atoms with van der Waals surface area (Å²) < 4.78 is 0. The van der Waals surface area contributed by atoms with E-state index in [-0.39, 0.29) is 0 Å². The molecule has 3 heteroatoms. The maximum atomic E-state index is 4.69. The molecule has 4 rings (SSSR count). The predicted octanol–water partition coefficient (Wildman–Crippen LogP) is 2.88. The zero-order valence-electron chi connectivity index (χ0n) is 11.6. The Morgan fingerprint density at radius 2 is 1.90 bits per heavy atom. The lowest BCUT2D eigenvalue weighted by molar-refractivity contribution is 0.243. The van der Waals surface area contributed by atoms with Crippen LogP contribution in [0.1, 0.15) is 24.8 Å². The van der Waals surface area contributed by atoms with Gasteiger partial charge < -0.3 is 4.90 Å². The Bertz CT molecular complexity index is 589. The number of hydrogen-bond acceptors (Lipinski definition) is 3. The highest BCUT2D eigenvalue weighted by Gasteiger charge is 2.42. The number of piperidine rings is 1. The lowest BCUT2D eigenvalue weighted by Crippen LogP contribution is -2.36. The summed E-state index contributed by atoms with van der Waals surface area (Å²) in [4.78, 5) is 11.3. The van der Waals surface area contributed by atoms with Crippen molar-refractivity contribution in [2.45, 2.75) is 24.7 Å². The number of hydrogen-bond donors (Lipinski definition) is 0. The molecule has 3 nitrogen and oxygen atoms in total. The summed E-state index contributed by atoms with van der Waals surface area (Å²) in [7, 11) is 0. The van der Waals surface area contributed by atoms with Crippen molar-refractivity contribution in [3.63, 3.8) is 0 Å². The van der Waals surface area contributed by atoms with Gasteiger partial charge in [-0.1, -0.05) is 6.07 Å². The van der Waals surface area contributed by atoms with Crippen LogP contribution in [0.25, 0.3) is 11.3 Å². The van der Waals surface area contributed by atoms with E-state index in [1.54, 1.807) is 0 Å². The number of rotatable bonds is 2. The minimum atomic E-state index is 0.377. The third-order valence-corrected chi connectivity index (χ3v) is 4.91. The van der Waals surface area contributed by atoms with E-state index in [1.807, 2.05) is 24.5 Å². The van der Waals surface area contributed by atoms with Crippen molar-refractivity contribution in [2.24, 2.45) is 0 Å². The van der Waals surface area contributed by atoms with Gasteiger partial charge in [-0.05, 0) is 56.1 Å². The van der Waals surface area contributed by atoms with Crippen LogP contribution in [0.3, 0.4) is 0 Å². The standard InChI is InChI=1S/C17H19N3/c1-6-17(7-11-20(10-1)13-17)15-2-3-16(19-12-15)14-4-8-18-9-5-14/h2-5,8-9,12H,1,6-7,10-11,13H2. The average Bonchev–Trinajstić information content (AvgIpc) is 2.84. The van der Waals surface area contributed by atoms with E-state index >= 15 is 0 Å². The molecular weight excluding hydrogens is 246 g/mol. The van der Waals surface area contributed by atoms with E-state index in [9.17, 15) is 0 Å². The van der Waals surface area contributed by atoms with Crippen LogP contribution in [0.5, 0.6) is 0 Å². The Morgan fingerprint density at radius 1 is 1.00 bits per heavy atom. The molecule has 0 aromatic carbocycles. The molecule has 0 spiro atoms. The quantitative estimate of drug-likeness (QED) is 0.836. The summed E-state index contributed by atoms with van der Waals surface area (Å²) in [5.74, 6) is 0. The van der Waals surface area contributed by atoms with Gasteiger partial charge in [0.05, 0.1) is 5.69 Å². The first-order chi connectivity index (χ1) is 9.86. The average molecular weight is 265 g/mol. The largest absolute Gasteiger partial charge is 0.302 e. The fourth-order valence-electron chi connectivity index (χ4n) is 3.78. The number of aromatic nitrogens is 2. The van der Waals surface area contributed by atoms with E-state index in [4.69, 9.17) is 0 Å². The van der Waals surface area contributed by atoms with Crippen LogP contribution in [0.15, 0.2) is 42.9 Å². The molecule has 0 radical (unpaired) electrons. The van der Waals surface area contributed by atoms with E-state index in [0.29, 0.717) is 5.41 Å². The number of nitrogens with zero attached hydrogens (tertiary/aromatic N) is 3. The van der Waals surface area contributed by atoms with Gasteiger partial charge in [-0.2, -0.15) is 0 Å². The smallest absolute Gasteiger partial charge is 0.0703 e. The highest BCUT2D eigenvalue weighted by Crippen LogP contribution is 2.41. The monoisotopic (exact) mass is 265 g/mol. The third kappa shape index (κ3) is 1.93. The second-order valence-electron chi connectivity index (χ2n) is 6.08. The molecule has 2 fully saturated rings. The first kappa shape index (κ1) is 12.0. The Morgan fingerprint density at radius 3 is 2.70 bits per heavy atom. The molecule has 0 amide bonds. The minimum Gasteiger partial charge on any atom is -0.302 e. The minimum absolute atomic E-state index is 0.377. The third-order valence-electron chi connectivity index (χ3n) is 4.91. The van der Waals surface area contributed by atoms with E-state index in [0.717, 1.165) is 11.3 Å². The fraction of sp³-hybridized carbons (Fsp3) is 0.412. The van der Waals surface area contributed by atoms with Crippen molar-refractivity contribution >= 4 is 0 Å². The molecular formula is C17H19N3. The van der Waals surface area contributed by atoms with Crippen LogP contribution >= 0.6 is 0 Å². The van der Waals surface area contributed by atoms with Crippen LogP contribution in [0.2, 0.25) is 0 Å². The van der Waals surface area contributed by atoms with Crippen molar-refractivity contribution in [3.8, 4) is 11.3 Å². The topological polar surface area (TPSA) is 29.0 Å². The summed E-state index contributed by atoms with van der Waals surface area (Å²) >= 11 is 0. The molecule has 4 heterocycles. The second kappa shape index (κ2) is 4.67. The molecule has 102 valence electrons. The van der Waals surface area contributed by atoms with Crippen LogP contribution in [-0.2, 0) is 5.41 Å². The first-order valence-electron chi connectivity index (χ1n) is 7.45. The molecule has 2 saturated heterocycles. The summed E-state index contributed by atoms with van der Waals surface area (Å²) in [5.41, 5.74) is 3.98. The molecule has 2 aliphatic heterocycles. The van der Waals surface area contributed by atoms with Crippen molar-refractivity contribution in [3.05, 3.63) is 48.4 Å². The molecule has 2 aromatic rings. The zero-order valence-corrected chi connectivity index (χ0v) is 11.6. The van der Waals surface area contributed by atoms with Gasteiger partial charge in [0.15, 0.2) is 0 Å². The number of pyridine rings is 2. The summed E-state index contributed by atoms with van der Waals surface area (Å²) in [6.07, 6.45) is 9.68. The van der Waals surface area contributed by atoms with Gasteiger partial charge in [-0.3, -0.25) is 9.97 Å². The van der Waals surface area contributed by atoms with Gasteiger partial charge in [0.25, 0.3) is 0 Å². The van der Waals surface area contributed by atoms with E-state index in [2.05, 4.69) is 33.2 Å². The molecule has 0 N–H and O–H groups in total. The summed E-state index contributed by atoms with van der Waals surface area (Å²) in [6, 6.07) is 8.48. The van der Waals surface area contributed by atoms with Crippen molar-refractivity contribution in [1.29, 1.82) is 0 Å². The Hall–Kier alpha value is -1.74. The fourth-order valence-corrected chi connectivity index (χ4v) is 3.78. The molecule has 2 bridgehead atoms. The first-order valence-corrected chi connectivity index (χ1v) is 7.45. The molecule has 0 saturated carbocycles. The summed E-state index contributed by atoms with van der Waals surface area (Å²) in [5, 5.41) is 0. The van der Waals surface area contributed by atoms with Gasteiger partial charge in [0.2, 0.25) is 0 Å². The van der Waals surface area contributed by atoms with Gasteiger partial charge >= 0.3 is 0 Å². The maximum Gasteiger partial charge on any atom is 0.0703 e. The molecule has 2 aliphatic rings. The van der Waals surface area contributed by atoms with Gasteiger partial charge in [-0.25, -0.2) is 0 Å². The van der Waals surface area contributed by atoms with E-state index in [1.165, 1.54) is 44.5 Å². The highest BCUT2D eigenvalue weighted by atomic mass is 15.2. The zero-order chi connectivity index (χ0) is 13.4. The predicted molar refractivity (Wildman–Crippen MR) is 79.4 cm³/mol. The van der Waals surface area contributed by atoms with Crippen LogP contribution < -0.4 is 0 Å². The molecule has 20 heavy (non-hydrogen) atoms. The normalized spacial score (nSPS) is 28.5. The van der Waals surface area contributed by atoms with Gasteiger partial charge in [-0.15, -0.1) is 0 Å². The van der Waals surface area contributed by atoms with Crippen LogP contribution in [0.4, 0.5) is 0 Å². The Balaban J connectivity index is 1.65. The Kier molecular flexibility index (Phi) is 2.81. The van der Waals surface area contributed by atoms with Crippen LogP contribution in [-0.4, -0.2) is 34.5 Å². The lowest BCUT2D eigenvalue weighted by atomic mass is 9.75. The lowest BCUT2D eigenvalue weighted by Gasteiger charge is -2.34. The SMILES string of the molecule is c1cc(-c2ccc(C34CCCN(CC3)C4)cn2)ccn1. The van der Waals surface area contributed by atoms with Crippen LogP contribution in [0, 0.1) is 0 Å². The van der Waals surface area contributed by atoms with Crippen molar-refractivity contribution in [2.75, 3.05) is 19.6 Å². The number of fused-ring (bicyclic) bond motifs is 2. The second-order valence-corrected chi connectivity index (χ2v) is 6.08. The van der Waals surface area contributed by atoms with E-state index < -0.39 is 0 Å². The summed E-state index contributed by atoms with van der Waals surface area (Å²) in [6.45, 7) is 3.76. The van der Waals surface area contributed by atoms with Crippen molar-refractivity contribution in [1.82, 2.24) is 14.9 Å². The maximum absolute atomic E-state index is 4.69. The van der Waals surface area contributed by atoms with Gasteiger partial charge in [0, 0.05) is 36.1 Å². The van der Waals surface area contributed by atoms with Gasteiger partial charge in [0.1, 0.15) is 0 Å². The molecule has 2 aromatic heterocycles. The Labute approximate surface area is 119 Å². The molecule has 0 aliphatic carbocycles. The molecule has 2 unspecified atom stereocenters. The highest BCUT2D eigenvalue weighted by molar-refractivity contribution is 5.58. The van der Waals surface area contributed by atoms with Crippen molar-refractivity contribution < 1.29 is 0 Å².